The average Bonchev–Trinajstić information content (AvgIpc) is 3.41. The van der Waals surface area contributed by atoms with Crippen molar-refractivity contribution in [3.8, 4) is 28.5 Å². The molecule has 134 valence electrons. The molecule has 0 unspecified atom stereocenters. The molecule has 1 aromatic heterocycles. The van der Waals surface area contributed by atoms with E-state index in [0.717, 1.165) is 35.1 Å². The Kier molecular flexibility index (Phi) is 3.93. The Labute approximate surface area is 156 Å². The summed E-state index contributed by atoms with van der Waals surface area (Å²) >= 11 is 0. The summed E-state index contributed by atoms with van der Waals surface area (Å²) in [6.45, 7) is 1.68. The zero-order valence-electron chi connectivity index (χ0n) is 14.7. The second-order valence-corrected chi connectivity index (χ2v) is 6.75. The number of aryl methyl sites for hydroxylation is 1. The summed E-state index contributed by atoms with van der Waals surface area (Å²) in [4.78, 5) is 11.0. The minimum absolute atomic E-state index is 0.278. The number of aromatic nitrogens is 1. The van der Waals surface area contributed by atoms with Gasteiger partial charge in [0.25, 0.3) is 0 Å². The van der Waals surface area contributed by atoms with E-state index in [4.69, 9.17) is 9.63 Å². The molecule has 6 heteroatoms. The Balaban J connectivity index is 1.60. The summed E-state index contributed by atoms with van der Waals surface area (Å²) in [7, 11) is 0. The maximum atomic E-state index is 11.0. The van der Waals surface area contributed by atoms with Gasteiger partial charge in [0, 0.05) is 5.56 Å². The molecule has 2 N–H and O–H groups in total. The number of rotatable bonds is 4. The number of hydrogen-bond acceptors (Lipinski definition) is 4. The highest BCUT2D eigenvalue weighted by Gasteiger charge is 2.44. The van der Waals surface area contributed by atoms with Crippen molar-refractivity contribution in [3.63, 3.8) is 0 Å². The summed E-state index contributed by atoms with van der Waals surface area (Å²) in [5.41, 5.74) is 4.45. The van der Waals surface area contributed by atoms with Gasteiger partial charge in [0.15, 0.2) is 5.76 Å². The average molecular weight is 359 g/mol. The Morgan fingerprint density at radius 2 is 1.67 bits per heavy atom. The van der Waals surface area contributed by atoms with Crippen LogP contribution in [0, 0.1) is 18.3 Å². The van der Waals surface area contributed by atoms with Gasteiger partial charge in [-0.15, -0.1) is 0 Å². The van der Waals surface area contributed by atoms with Gasteiger partial charge in [-0.05, 0) is 36.5 Å². The standard InChI is InChI=1S/C21H17N3O3/c1-13-18(23-20(25)26)19(27-24-13)16-4-2-14(3-5-16)15-6-8-17(9-7-15)21(12-22)10-11-21/h2-9,23H,10-11H2,1H3,(H,25,26). The van der Waals surface area contributed by atoms with Crippen molar-refractivity contribution in [1.82, 2.24) is 5.16 Å². The van der Waals surface area contributed by atoms with Crippen LogP contribution in [0.1, 0.15) is 24.1 Å². The van der Waals surface area contributed by atoms with E-state index in [1.165, 1.54) is 0 Å². The van der Waals surface area contributed by atoms with Gasteiger partial charge in [-0.1, -0.05) is 53.7 Å². The number of amides is 1. The van der Waals surface area contributed by atoms with E-state index < -0.39 is 6.09 Å². The molecule has 1 saturated carbocycles. The van der Waals surface area contributed by atoms with Crippen molar-refractivity contribution in [2.45, 2.75) is 25.2 Å². The van der Waals surface area contributed by atoms with Gasteiger partial charge in [0.2, 0.25) is 0 Å². The SMILES string of the molecule is Cc1noc(-c2ccc(-c3ccc(C4(C#N)CC4)cc3)cc2)c1NC(=O)O. The van der Waals surface area contributed by atoms with E-state index in [0.29, 0.717) is 17.1 Å². The first-order valence-corrected chi connectivity index (χ1v) is 8.61. The molecule has 4 rings (SSSR count). The van der Waals surface area contributed by atoms with Crippen LogP contribution >= 0.6 is 0 Å². The largest absolute Gasteiger partial charge is 0.465 e. The first-order valence-electron chi connectivity index (χ1n) is 8.61. The third-order valence-corrected chi connectivity index (χ3v) is 4.98. The Morgan fingerprint density at radius 1 is 1.11 bits per heavy atom. The van der Waals surface area contributed by atoms with Crippen LogP contribution in [0.25, 0.3) is 22.5 Å². The summed E-state index contributed by atoms with van der Waals surface area (Å²) in [6, 6.07) is 18.1. The lowest BCUT2D eigenvalue weighted by molar-refractivity contribution is 0.209. The lowest BCUT2D eigenvalue weighted by Gasteiger charge is -2.08. The van der Waals surface area contributed by atoms with Crippen LogP contribution in [0.2, 0.25) is 0 Å². The molecule has 0 aliphatic heterocycles. The molecular formula is C21H17N3O3. The molecule has 1 fully saturated rings. The molecule has 27 heavy (non-hydrogen) atoms. The Morgan fingerprint density at radius 3 is 2.19 bits per heavy atom. The molecule has 1 aliphatic rings. The number of nitrogens with one attached hydrogen (secondary N) is 1. The zero-order chi connectivity index (χ0) is 19.0. The molecule has 1 amide bonds. The summed E-state index contributed by atoms with van der Waals surface area (Å²) in [5.74, 6) is 0.390. The van der Waals surface area contributed by atoms with E-state index in [9.17, 15) is 10.1 Å². The van der Waals surface area contributed by atoms with E-state index in [1.54, 1.807) is 6.92 Å². The highest BCUT2D eigenvalue weighted by atomic mass is 16.5. The first kappa shape index (κ1) is 16.9. The second-order valence-electron chi connectivity index (χ2n) is 6.75. The van der Waals surface area contributed by atoms with E-state index in [-0.39, 0.29) is 5.41 Å². The Hall–Kier alpha value is -3.59. The van der Waals surface area contributed by atoms with Crippen LogP contribution in [0.15, 0.2) is 53.1 Å². The molecule has 1 aliphatic carbocycles. The van der Waals surface area contributed by atoms with Crippen LogP contribution < -0.4 is 5.32 Å². The van der Waals surface area contributed by atoms with Gasteiger partial charge in [0.1, 0.15) is 11.4 Å². The maximum absolute atomic E-state index is 11.0. The normalized spacial score (nSPS) is 14.4. The van der Waals surface area contributed by atoms with E-state index in [1.807, 2.05) is 48.5 Å². The number of nitriles is 1. The van der Waals surface area contributed by atoms with Crippen molar-refractivity contribution in [2.75, 3.05) is 5.32 Å². The highest BCUT2D eigenvalue weighted by molar-refractivity contribution is 5.89. The van der Waals surface area contributed by atoms with Gasteiger partial charge in [-0.2, -0.15) is 5.26 Å². The predicted octanol–water partition coefficient (Wildman–Crippen LogP) is 4.96. The van der Waals surface area contributed by atoms with Gasteiger partial charge in [-0.25, -0.2) is 4.79 Å². The van der Waals surface area contributed by atoms with Crippen molar-refractivity contribution < 1.29 is 14.4 Å². The van der Waals surface area contributed by atoms with Crippen molar-refractivity contribution in [3.05, 3.63) is 59.8 Å². The van der Waals surface area contributed by atoms with Gasteiger partial charge < -0.3 is 9.63 Å². The molecule has 0 saturated heterocycles. The van der Waals surface area contributed by atoms with Gasteiger partial charge in [0.05, 0.1) is 11.5 Å². The van der Waals surface area contributed by atoms with Crippen LogP contribution in [-0.2, 0) is 5.41 Å². The monoisotopic (exact) mass is 359 g/mol. The van der Waals surface area contributed by atoms with Crippen LogP contribution in [0.5, 0.6) is 0 Å². The van der Waals surface area contributed by atoms with Crippen LogP contribution in [-0.4, -0.2) is 16.4 Å². The number of hydrogen-bond donors (Lipinski definition) is 2. The summed E-state index contributed by atoms with van der Waals surface area (Å²) < 4.78 is 5.29. The number of nitrogens with zero attached hydrogens (tertiary/aromatic N) is 2. The third-order valence-electron chi connectivity index (χ3n) is 4.98. The predicted molar refractivity (Wildman–Crippen MR) is 100 cm³/mol. The highest BCUT2D eigenvalue weighted by Crippen LogP contribution is 2.47. The third kappa shape index (κ3) is 3.04. The lowest BCUT2D eigenvalue weighted by atomic mass is 9.94. The summed E-state index contributed by atoms with van der Waals surface area (Å²) in [6.07, 6.45) is 0.701. The van der Waals surface area contributed by atoms with Gasteiger partial charge in [-0.3, -0.25) is 5.32 Å². The molecular weight excluding hydrogens is 342 g/mol. The lowest BCUT2D eigenvalue weighted by Crippen LogP contribution is -2.08. The van der Waals surface area contributed by atoms with E-state index >= 15 is 0 Å². The van der Waals surface area contributed by atoms with Crippen molar-refractivity contribution in [1.29, 1.82) is 5.26 Å². The molecule has 0 spiro atoms. The zero-order valence-corrected chi connectivity index (χ0v) is 14.7. The van der Waals surface area contributed by atoms with Gasteiger partial charge >= 0.3 is 6.09 Å². The molecule has 3 aromatic rings. The molecule has 6 nitrogen and oxygen atoms in total. The minimum Gasteiger partial charge on any atom is -0.465 e. The quantitative estimate of drug-likeness (QED) is 0.686. The topological polar surface area (TPSA) is 99.2 Å². The summed E-state index contributed by atoms with van der Waals surface area (Å²) in [5, 5.41) is 24.5. The number of benzene rings is 2. The fourth-order valence-corrected chi connectivity index (χ4v) is 3.21. The van der Waals surface area contributed by atoms with Crippen molar-refractivity contribution in [2.24, 2.45) is 0 Å². The molecule has 1 heterocycles. The fourth-order valence-electron chi connectivity index (χ4n) is 3.21. The van der Waals surface area contributed by atoms with Crippen LogP contribution in [0.4, 0.5) is 10.5 Å². The molecule has 0 radical (unpaired) electrons. The molecule has 0 atom stereocenters. The molecule has 0 bridgehead atoms. The maximum Gasteiger partial charge on any atom is 0.409 e. The smallest absolute Gasteiger partial charge is 0.409 e. The molecule has 2 aromatic carbocycles. The minimum atomic E-state index is -1.16. The number of carboxylic acid groups (broad SMARTS) is 1. The number of anilines is 1. The van der Waals surface area contributed by atoms with Crippen LogP contribution in [0.3, 0.4) is 0 Å². The van der Waals surface area contributed by atoms with E-state index in [2.05, 4.69) is 16.5 Å². The number of carbonyl (C=O) groups is 1. The Bertz CT molecular complexity index is 1040. The first-order chi connectivity index (χ1) is 13.0. The fraction of sp³-hybridized carbons (Fsp3) is 0.190. The second kappa shape index (κ2) is 6.29. The van der Waals surface area contributed by atoms with Crippen molar-refractivity contribution >= 4 is 11.8 Å².